The maximum Gasteiger partial charge on any atom is 0.124 e. The summed E-state index contributed by atoms with van der Waals surface area (Å²) in [5.41, 5.74) is 2.51. The number of aromatic nitrogens is 1. The number of piperazine rings is 1. The molecule has 4 heteroatoms. The molecule has 1 N–H and O–H groups in total. The van der Waals surface area contributed by atoms with Gasteiger partial charge < -0.3 is 10.1 Å². The summed E-state index contributed by atoms with van der Waals surface area (Å²) in [5, 5.41) is 3.50. The van der Waals surface area contributed by atoms with Gasteiger partial charge in [-0.2, -0.15) is 0 Å². The summed E-state index contributed by atoms with van der Waals surface area (Å²) in [6.07, 6.45) is 3.99. The van der Waals surface area contributed by atoms with Crippen LogP contribution < -0.4 is 10.1 Å². The van der Waals surface area contributed by atoms with E-state index in [4.69, 9.17) is 4.74 Å². The minimum absolute atomic E-state index is 0.188. The highest BCUT2D eigenvalue weighted by Gasteiger charge is 2.24. The van der Waals surface area contributed by atoms with E-state index < -0.39 is 0 Å². The van der Waals surface area contributed by atoms with E-state index in [0.717, 1.165) is 31.9 Å². The molecule has 0 amide bonds. The maximum absolute atomic E-state index is 5.97. The van der Waals surface area contributed by atoms with Gasteiger partial charge in [-0.3, -0.25) is 9.88 Å². The van der Waals surface area contributed by atoms with Crippen LogP contribution in [0.5, 0.6) is 5.75 Å². The number of pyridine rings is 1. The molecule has 1 aliphatic rings. The number of benzene rings is 1. The molecular weight excluding hydrogens is 286 g/mol. The molecule has 2 aromatic rings. The summed E-state index contributed by atoms with van der Waals surface area (Å²) >= 11 is 0. The Kier molecular flexibility index (Phi) is 5.26. The second-order valence-electron chi connectivity index (χ2n) is 6.25. The van der Waals surface area contributed by atoms with Gasteiger partial charge in [-0.25, -0.2) is 0 Å². The molecule has 1 aromatic carbocycles. The van der Waals surface area contributed by atoms with Gasteiger partial charge in [-0.1, -0.05) is 24.3 Å². The first kappa shape index (κ1) is 16.0. The van der Waals surface area contributed by atoms with E-state index in [-0.39, 0.29) is 6.10 Å². The first-order chi connectivity index (χ1) is 11.2. The SMILES string of the molecule is CC(C)Oc1ccccc1CN1CCNCC1c1cccnc1. The third kappa shape index (κ3) is 4.09. The first-order valence-electron chi connectivity index (χ1n) is 8.33. The minimum atomic E-state index is 0.188. The number of nitrogens with one attached hydrogen (secondary N) is 1. The molecule has 3 rings (SSSR count). The van der Waals surface area contributed by atoms with Gasteiger partial charge in [-0.15, -0.1) is 0 Å². The van der Waals surface area contributed by atoms with Crippen molar-refractivity contribution in [3.05, 3.63) is 59.9 Å². The molecule has 1 aromatic heterocycles. The van der Waals surface area contributed by atoms with E-state index >= 15 is 0 Å². The molecule has 1 atom stereocenters. The van der Waals surface area contributed by atoms with E-state index in [2.05, 4.69) is 53.3 Å². The lowest BCUT2D eigenvalue weighted by molar-refractivity contribution is 0.149. The van der Waals surface area contributed by atoms with Crippen LogP contribution in [0.3, 0.4) is 0 Å². The summed E-state index contributed by atoms with van der Waals surface area (Å²) < 4.78 is 5.97. The second-order valence-corrected chi connectivity index (χ2v) is 6.25. The molecule has 0 spiro atoms. The normalized spacial score (nSPS) is 19.0. The fraction of sp³-hybridized carbons (Fsp3) is 0.421. The fourth-order valence-electron chi connectivity index (χ4n) is 3.06. The molecule has 0 saturated carbocycles. The fourth-order valence-corrected chi connectivity index (χ4v) is 3.06. The van der Waals surface area contributed by atoms with Crippen LogP contribution in [0.15, 0.2) is 48.8 Å². The van der Waals surface area contributed by atoms with E-state index in [1.165, 1.54) is 11.1 Å². The molecule has 23 heavy (non-hydrogen) atoms. The van der Waals surface area contributed by atoms with Crippen molar-refractivity contribution < 1.29 is 4.74 Å². The van der Waals surface area contributed by atoms with Gasteiger partial charge in [-0.05, 0) is 31.5 Å². The van der Waals surface area contributed by atoms with Crippen molar-refractivity contribution in [3.63, 3.8) is 0 Å². The number of hydrogen-bond donors (Lipinski definition) is 1. The summed E-state index contributed by atoms with van der Waals surface area (Å²) in [4.78, 5) is 6.79. The Morgan fingerprint density at radius 2 is 2.13 bits per heavy atom. The largest absolute Gasteiger partial charge is 0.491 e. The molecule has 2 heterocycles. The summed E-state index contributed by atoms with van der Waals surface area (Å²) in [5.74, 6) is 0.992. The Balaban J connectivity index is 1.80. The molecule has 122 valence electrons. The van der Waals surface area contributed by atoms with Crippen molar-refractivity contribution in [3.8, 4) is 5.75 Å². The van der Waals surface area contributed by atoms with Gasteiger partial charge in [0, 0.05) is 50.2 Å². The van der Waals surface area contributed by atoms with Crippen LogP contribution in [0.1, 0.15) is 31.0 Å². The van der Waals surface area contributed by atoms with E-state index in [1.807, 2.05) is 24.5 Å². The van der Waals surface area contributed by atoms with Gasteiger partial charge in [0.15, 0.2) is 0 Å². The van der Waals surface area contributed by atoms with Crippen LogP contribution in [-0.2, 0) is 6.54 Å². The topological polar surface area (TPSA) is 37.4 Å². The van der Waals surface area contributed by atoms with Crippen LogP contribution >= 0.6 is 0 Å². The standard InChI is InChI=1S/C19H25N3O/c1-15(2)23-19-8-4-3-6-17(19)14-22-11-10-21-13-18(22)16-7-5-9-20-12-16/h3-9,12,15,18,21H,10-11,13-14H2,1-2H3. The number of para-hydroxylation sites is 1. The number of ether oxygens (including phenoxy) is 1. The first-order valence-corrected chi connectivity index (χ1v) is 8.33. The van der Waals surface area contributed by atoms with Crippen LogP contribution in [0.25, 0.3) is 0 Å². The lowest BCUT2D eigenvalue weighted by Crippen LogP contribution is -2.45. The number of rotatable bonds is 5. The Hall–Kier alpha value is -1.91. The Morgan fingerprint density at radius 1 is 1.26 bits per heavy atom. The van der Waals surface area contributed by atoms with Crippen molar-refractivity contribution >= 4 is 0 Å². The molecule has 1 fully saturated rings. The quantitative estimate of drug-likeness (QED) is 0.921. The molecule has 1 saturated heterocycles. The predicted molar refractivity (Wildman–Crippen MR) is 92.5 cm³/mol. The molecule has 0 aliphatic carbocycles. The number of nitrogens with zero attached hydrogens (tertiary/aromatic N) is 2. The van der Waals surface area contributed by atoms with E-state index in [1.54, 1.807) is 0 Å². The average molecular weight is 311 g/mol. The van der Waals surface area contributed by atoms with Gasteiger partial charge in [0.05, 0.1) is 6.10 Å². The Bertz CT molecular complexity index is 615. The molecule has 1 aliphatic heterocycles. The molecular formula is C19H25N3O. The third-order valence-electron chi connectivity index (χ3n) is 4.13. The lowest BCUT2D eigenvalue weighted by atomic mass is 10.0. The highest BCUT2D eigenvalue weighted by Crippen LogP contribution is 2.27. The van der Waals surface area contributed by atoms with Crippen molar-refractivity contribution in [1.82, 2.24) is 15.2 Å². The van der Waals surface area contributed by atoms with Crippen molar-refractivity contribution in [2.75, 3.05) is 19.6 Å². The summed E-state index contributed by atoms with van der Waals surface area (Å²) in [7, 11) is 0. The van der Waals surface area contributed by atoms with Crippen molar-refractivity contribution in [1.29, 1.82) is 0 Å². The van der Waals surface area contributed by atoms with Gasteiger partial charge in [0.25, 0.3) is 0 Å². The van der Waals surface area contributed by atoms with Crippen molar-refractivity contribution in [2.24, 2.45) is 0 Å². The van der Waals surface area contributed by atoms with Gasteiger partial charge in [0.2, 0.25) is 0 Å². The third-order valence-corrected chi connectivity index (χ3v) is 4.13. The van der Waals surface area contributed by atoms with Crippen molar-refractivity contribution in [2.45, 2.75) is 32.5 Å². The minimum Gasteiger partial charge on any atom is -0.491 e. The van der Waals surface area contributed by atoms with Crippen LogP contribution in [0, 0.1) is 0 Å². The van der Waals surface area contributed by atoms with Crippen LogP contribution in [0.2, 0.25) is 0 Å². The molecule has 0 radical (unpaired) electrons. The summed E-state index contributed by atoms with van der Waals surface area (Å²) in [6.45, 7) is 8.03. The van der Waals surface area contributed by atoms with Gasteiger partial charge in [0.1, 0.15) is 5.75 Å². The maximum atomic E-state index is 5.97. The van der Waals surface area contributed by atoms with Crippen LogP contribution in [0.4, 0.5) is 0 Å². The smallest absolute Gasteiger partial charge is 0.124 e. The summed E-state index contributed by atoms with van der Waals surface area (Å²) in [6, 6.07) is 12.9. The zero-order valence-electron chi connectivity index (χ0n) is 13.9. The second kappa shape index (κ2) is 7.57. The zero-order valence-corrected chi connectivity index (χ0v) is 13.9. The Labute approximate surface area is 138 Å². The van der Waals surface area contributed by atoms with Crippen LogP contribution in [-0.4, -0.2) is 35.6 Å². The van der Waals surface area contributed by atoms with E-state index in [0.29, 0.717) is 6.04 Å². The molecule has 0 bridgehead atoms. The lowest BCUT2D eigenvalue weighted by Gasteiger charge is -2.36. The monoisotopic (exact) mass is 311 g/mol. The highest BCUT2D eigenvalue weighted by molar-refractivity contribution is 5.33. The van der Waals surface area contributed by atoms with Gasteiger partial charge >= 0.3 is 0 Å². The average Bonchev–Trinajstić information content (AvgIpc) is 2.57. The highest BCUT2D eigenvalue weighted by atomic mass is 16.5. The van der Waals surface area contributed by atoms with E-state index in [9.17, 15) is 0 Å². The molecule has 1 unspecified atom stereocenters. The zero-order chi connectivity index (χ0) is 16.1. The Morgan fingerprint density at radius 3 is 2.91 bits per heavy atom. The molecule has 4 nitrogen and oxygen atoms in total. The predicted octanol–water partition coefficient (Wildman–Crippen LogP) is 3.02. The number of hydrogen-bond acceptors (Lipinski definition) is 4.